The third-order valence-corrected chi connectivity index (χ3v) is 2.62. The van der Waals surface area contributed by atoms with Crippen LogP contribution in [0.25, 0.3) is 0 Å². The van der Waals surface area contributed by atoms with Gasteiger partial charge in [0, 0.05) is 6.54 Å². The van der Waals surface area contributed by atoms with Gasteiger partial charge in [0.2, 0.25) is 0 Å². The van der Waals surface area contributed by atoms with Gasteiger partial charge in [0.1, 0.15) is 5.60 Å². The lowest BCUT2D eigenvalue weighted by atomic mass is 10.2. The Morgan fingerprint density at radius 2 is 1.70 bits per heavy atom. The largest absolute Gasteiger partial charge is 0.467 e. The summed E-state index contributed by atoms with van der Waals surface area (Å²) in [5, 5.41) is 8.79. The van der Waals surface area contributed by atoms with Crippen LogP contribution in [0.15, 0.2) is 0 Å². The fraction of sp³-hybridized carbons (Fsp3) is 0.812. The molecule has 0 rings (SSSR count). The highest BCUT2D eigenvalue weighted by Gasteiger charge is 2.34. The summed E-state index contributed by atoms with van der Waals surface area (Å²) in [6.45, 7) is 10.7. The maximum atomic E-state index is 12.4. The first-order valence-corrected chi connectivity index (χ1v) is 7.49. The van der Waals surface area contributed by atoms with E-state index in [2.05, 4.69) is 0 Å². The molecule has 0 aliphatic carbocycles. The number of nitriles is 1. The highest BCUT2D eigenvalue weighted by atomic mass is 16.6. The topological polar surface area (TPSA) is 88.9 Å². The van der Waals surface area contributed by atoms with Gasteiger partial charge in [0.25, 0.3) is 0 Å². The number of carbonyl (C=O) groups excluding carboxylic acids is 2. The first kappa shape index (κ1) is 21.2. The Labute approximate surface area is 138 Å². The van der Waals surface area contributed by atoms with Gasteiger partial charge in [0.05, 0.1) is 31.8 Å². The number of hydrogen-bond donors (Lipinski definition) is 0. The third-order valence-electron chi connectivity index (χ3n) is 2.62. The van der Waals surface area contributed by atoms with Crippen molar-refractivity contribution < 1.29 is 23.8 Å². The lowest BCUT2D eigenvalue weighted by Crippen LogP contribution is -2.51. The van der Waals surface area contributed by atoms with E-state index < -0.39 is 29.3 Å². The summed E-state index contributed by atoms with van der Waals surface area (Å²) < 4.78 is 15.7. The fourth-order valence-electron chi connectivity index (χ4n) is 1.62. The predicted octanol–water partition coefficient (Wildman–Crippen LogP) is 2.49. The second kappa shape index (κ2) is 8.73. The monoisotopic (exact) mass is 328 g/mol. The minimum Gasteiger partial charge on any atom is -0.467 e. The van der Waals surface area contributed by atoms with E-state index in [1.807, 2.05) is 26.8 Å². The molecule has 7 heteroatoms. The Balaban J connectivity index is 5.33. The second-order valence-corrected chi connectivity index (χ2v) is 7.04. The van der Waals surface area contributed by atoms with Gasteiger partial charge in [-0.25, -0.2) is 9.59 Å². The molecule has 0 aromatic rings. The molecule has 0 aliphatic heterocycles. The Hall–Kier alpha value is -1.81. The Morgan fingerprint density at radius 3 is 2.09 bits per heavy atom. The molecule has 1 unspecified atom stereocenters. The molecule has 0 bridgehead atoms. The number of amides is 1. The summed E-state index contributed by atoms with van der Waals surface area (Å²) in [4.78, 5) is 25.6. The minimum absolute atomic E-state index is 0.0408. The minimum atomic E-state index is -0.970. The number of ether oxygens (including phenoxy) is 3. The molecule has 0 spiro atoms. The zero-order valence-electron chi connectivity index (χ0n) is 15.1. The zero-order chi connectivity index (χ0) is 18.3. The van der Waals surface area contributed by atoms with Gasteiger partial charge in [-0.3, -0.25) is 4.90 Å². The summed E-state index contributed by atoms with van der Waals surface area (Å²) in [6, 6.07) is 0.988. The summed E-state index contributed by atoms with van der Waals surface area (Å²) in [6.07, 6.45) is -0.608. The summed E-state index contributed by atoms with van der Waals surface area (Å²) in [7, 11) is 1.24. The van der Waals surface area contributed by atoms with Crippen molar-refractivity contribution in [2.24, 2.45) is 0 Å². The van der Waals surface area contributed by atoms with E-state index in [1.165, 1.54) is 12.0 Å². The summed E-state index contributed by atoms with van der Waals surface area (Å²) >= 11 is 0. The molecule has 0 saturated carbocycles. The average molecular weight is 328 g/mol. The standard InChI is InChI=1S/C16H28N2O5/c1-15(2,3)22-11-12(13(19)21-7)18(10-8-9-17)14(20)23-16(4,5)6/h12H,8,10-11H2,1-7H3. The van der Waals surface area contributed by atoms with E-state index in [4.69, 9.17) is 19.5 Å². The van der Waals surface area contributed by atoms with E-state index in [0.29, 0.717) is 0 Å². The van der Waals surface area contributed by atoms with E-state index in [-0.39, 0.29) is 19.6 Å². The van der Waals surface area contributed by atoms with Crippen molar-refractivity contribution in [1.82, 2.24) is 4.90 Å². The van der Waals surface area contributed by atoms with E-state index in [9.17, 15) is 9.59 Å². The first-order valence-electron chi connectivity index (χ1n) is 7.49. The maximum Gasteiger partial charge on any atom is 0.411 e. The number of methoxy groups -OCH3 is 1. The molecule has 23 heavy (non-hydrogen) atoms. The smallest absolute Gasteiger partial charge is 0.411 e. The van der Waals surface area contributed by atoms with Crippen molar-refractivity contribution in [3.63, 3.8) is 0 Å². The lowest BCUT2D eigenvalue weighted by Gasteiger charge is -2.33. The molecular weight excluding hydrogens is 300 g/mol. The molecular formula is C16H28N2O5. The Morgan fingerprint density at radius 1 is 1.13 bits per heavy atom. The summed E-state index contributed by atoms with van der Waals surface area (Å²) in [5.41, 5.74) is -1.20. The molecule has 0 fully saturated rings. The van der Waals surface area contributed by atoms with Crippen LogP contribution in [0.3, 0.4) is 0 Å². The SMILES string of the molecule is COC(=O)C(COC(C)(C)C)N(CCC#N)C(=O)OC(C)(C)C. The van der Waals surface area contributed by atoms with E-state index in [1.54, 1.807) is 20.8 Å². The molecule has 0 aromatic carbocycles. The van der Waals surface area contributed by atoms with Gasteiger partial charge >= 0.3 is 12.1 Å². The van der Waals surface area contributed by atoms with Gasteiger partial charge in [-0.2, -0.15) is 5.26 Å². The Bertz CT molecular complexity index is 443. The van der Waals surface area contributed by atoms with Gasteiger partial charge in [0.15, 0.2) is 6.04 Å². The molecule has 0 aromatic heterocycles. The molecule has 0 radical (unpaired) electrons. The van der Waals surface area contributed by atoms with Crippen LogP contribution < -0.4 is 0 Å². The van der Waals surface area contributed by atoms with E-state index in [0.717, 1.165) is 0 Å². The molecule has 0 saturated heterocycles. The van der Waals surface area contributed by atoms with Crippen molar-refractivity contribution in [3.8, 4) is 6.07 Å². The van der Waals surface area contributed by atoms with Gasteiger partial charge in [-0.05, 0) is 41.5 Å². The molecule has 0 aliphatic rings. The number of esters is 1. The lowest BCUT2D eigenvalue weighted by molar-refractivity contribution is -0.151. The van der Waals surface area contributed by atoms with Crippen molar-refractivity contribution in [3.05, 3.63) is 0 Å². The quantitative estimate of drug-likeness (QED) is 0.696. The number of carbonyl (C=O) groups is 2. The number of hydrogen-bond acceptors (Lipinski definition) is 6. The normalized spacial score (nSPS) is 13.0. The van der Waals surface area contributed by atoms with Crippen LogP contribution in [0.1, 0.15) is 48.0 Å². The second-order valence-electron chi connectivity index (χ2n) is 7.04. The molecule has 1 amide bonds. The van der Waals surface area contributed by atoms with Crippen molar-refractivity contribution in [2.75, 3.05) is 20.3 Å². The fourth-order valence-corrected chi connectivity index (χ4v) is 1.62. The molecule has 0 heterocycles. The van der Waals surface area contributed by atoms with Crippen LogP contribution in [0.4, 0.5) is 4.79 Å². The molecule has 7 nitrogen and oxygen atoms in total. The van der Waals surface area contributed by atoms with Crippen LogP contribution in [-0.4, -0.2) is 54.5 Å². The van der Waals surface area contributed by atoms with Gasteiger partial charge in [-0.1, -0.05) is 0 Å². The highest BCUT2D eigenvalue weighted by Crippen LogP contribution is 2.16. The van der Waals surface area contributed by atoms with Crippen LogP contribution in [0.2, 0.25) is 0 Å². The highest BCUT2D eigenvalue weighted by molar-refractivity contribution is 5.81. The zero-order valence-corrected chi connectivity index (χ0v) is 15.1. The van der Waals surface area contributed by atoms with Crippen molar-refractivity contribution >= 4 is 12.1 Å². The van der Waals surface area contributed by atoms with Gasteiger partial charge < -0.3 is 14.2 Å². The third kappa shape index (κ3) is 9.04. The average Bonchev–Trinajstić information content (AvgIpc) is 2.38. The first-order chi connectivity index (χ1) is 10.4. The van der Waals surface area contributed by atoms with Crippen molar-refractivity contribution in [1.29, 1.82) is 5.26 Å². The van der Waals surface area contributed by atoms with Crippen LogP contribution in [0, 0.1) is 11.3 Å². The van der Waals surface area contributed by atoms with E-state index >= 15 is 0 Å². The molecule has 132 valence electrons. The van der Waals surface area contributed by atoms with Crippen LogP contribution in [-0.2, 0) is 19.0 Å². The number of nitrogens with zero attached hydrogens (tertiary/aromatic N) is 2. The molecule has 0 N–H and O–H groups in total. The molecule has 1 atom stereocenters. The summed E-state index contributed by atoms with van der Waals surface area (Å²) in [5.74, 6) is -0.613. The maximum absolute atomic E-state index is 12.4. The Kier molecular flexibility index (Phi) is 8.04. The van der Waals surface area contributed by atoms with Crippen molar-refractivity contribution in [2.45, 2.75) is 65.2 Å². The number of rotatable bonds is 6. The van der Waals surface area contributed by atoms with Crippen LogP contribution in [0.5, 0.6) is 0 Å². The van der Waals surface area contributed by atoms with Gasteiger partial charge in [-0.15, -0.1) is 0 Å². The predicted molar refractivity (Wildman–Crippen MR) is 84.7 cm³/mol. The van der Waals surface area contributed by atoms with Crippen LogP contribution >= 0.6 is 0 Å².